The van der Waals surface area contributed by atoms with Crippen LogP contribution in [0.2, 0.25) is 5.82 Å². The number of rotatable bonds is 0. The maximum Gasteiger partial charge on any atom is 0.106 e. The first-order chi connectivity index (χ1) is 7.66. The molecule has 5 saturated carbocycles. The first-order valence-corrected chi connectivity index (χ1v) is 7.66. The van der Waals surface area contributed by atoms with Crippen molar-refractivity contribution in [2.45, 2.75) is 45.3 Å². The monoisotopic (exact) mass is 216 g/mol. The Balaban J connectivity index is 1.78. The zero-order chi connectivity index (χ0) is 11.0. The second kappa shape index (κ2) is 3.09. The van der Waals surface area contributed by atoms with E-state index in [0.717, 1.165) is 53.2 Å². The Labute approximate surface area is 101 Å². The van der Waals surface area contributed by atoms with Gasteiger partial charge in [0.25, 0.3) is 0 Å². The molecule has 0 nitrogen and oxygen atoms in total. The van der Waals surface area contributed by atoms with Crippen LogP contribution in [0.4, 0.5) is 0 Å². The van der Waals surface area contributed by atoms with E-state index in [9.17, 15) is 0 Å². The first-order valence-electron chi connectivity index (χ1n) is 7.66. The van der Waals surface area contributed by atoms with Crippen LogP contribution >= 0.6 is 0 Å². The SMILES string of the molecule is BC1C(C)CC2C3CC4CC(C3C)C1C2C4. The number of hydrogen-bond donors (Lipinski definition) is 0. The van der Waals surface area contributed by atoms with E-state index in [1.807, 2.05) is 0 Å². The quantitative estimate of drug-likeness (QED) is 0.546. The topological polar surface area (TPSA) is 0 Å². The predicted octanol–water partition coefficient (Wildman–Crippen LogP) is 2.99. The summed E-state index contributed by atoms with van der Waals surface area (Å²) in [5.41, 5.74) is 0. The van der Waals surface area contributed by atoms with Gasteiger partial charge in [-0.3, -0.25) is 0 Å². The van der Waals surface area contributed by atoms with Gasteiger partial charge in [0.2, 0.25) is 0 Å². The minimum absolute atomic E-state index is 1.01. The molecule has 5 aliphatic rings. The molecule has 5 fully saturated rings. The van der Waals surface area contributed by atoms with Crippen molar-refractivity contribution in [3.63, 3.8) is 0 Å². The van der Waals surface area contributed by atoms with E-state index in [1.165, 1.54) is 0 Å². The zero-order valence-electron chi connectivity index (χ0n) is 11.0. The van der Waals surface area contributed by atoms with Crippen LogP contribution in [0.5, 0.6) is 0 Å². The van der Waals surface area contributed by atoms with Gasteiger partial charge in [0, 0.05) is 0 Å². The summed E-state index contributed by atoms with van der Waals surface area (Å²) in [6.45, 7) is 5.13. The van der Waals surface area contributed by atoms with Gasteiger partial charge in [-0.05, 0) is 73.0 Å². The lowest BCUT2D eigenvalue weighted by atomic mass is 9.37. The highest BCUT2D eigenvalue weighted by Gasteiger charge is 2.60. The van der Waals surface area contributed by atoms with E-state index >= 15 is 0 Å². The summed E-state index contributed by atoms with van der Waals surface area (Å²) in [5, 5.41) is 0. The molecule has 0 N–H and O–H groups in total. The highest BCUT2D eigenvalue weighted by atomic mass is 14.6. The van der Waals surface area contributed by atoms with Crippen LogP contribution < -0.4 is 0 Å². The van der Waals surface area contributed by atoms with Crippen molar-refractivity contribution in [3.05, 3.63) is 0 Å². The molecule has 0 saturated heterocycles. The fraction of sp³-hybridized carbons (Fsp3) is 1.00. The lowest BCUT2D eigenvalue weighted by molar-refractivity contribution is -0.154. The molecule has 9 unspecified atom stereocenters. The average Bonchev–Trinajstić information content (AvgIpc) is 2.27. The molecule has 0 aliphatic heterocycles. The molecule has 0 aromatic rings. The third kappa shape index (κ3) is 1.04. The second-order valence-corrected chi connectivity index (χ2v) is 7.74. The van der Waals surface area contributed by atoms with E-state index in [2.05, 4.69) is 21.7 Å². The van der Waals surface area contributed by atoms with Crippen molar-refractivity contribution in [1.82, 2.24) is 0 Å². The van der Waals surface area contributed by atoms with Gasteiger partial charge in [0.1, 0.15) is 7.85 Å². The molecule has 0 spiro atoms. The largest absolute Gasteiger partial charge is 0.106 e. The van der Waals surface area contributed by atoms with E-state index < -0.39 is 0 Å². The van der Waals surface area contributed by atoms with E-state index in [0.29, 0.717) is 0 Å². The van der Waals surface area contributed by atoms with Crippen LogP contribution in [-0.2, 0) is 0 Å². The van der Waals surface area contributed by atoms with Gasteiger partial charge in [-0.1, -0.05) is 19.7 Å². The summed E-state index contributed by atoms with van der Waals surface area (Å²) >= 11 is 0. The molecule has 0 amide bonds. The minimum Gasteiger partial charge on any atom is -0.0639 e. The molecule has 0 aromatic carbocycles. The number of hydrogen-bond acceptors (Lipinski definition) is 0. The van der Waals surface area contributed by atoms with E-state index in [-0.39, 0.29) is 0 Å². The smallest absolute Gasteiger partial charge is 0.0639 e. The standard InChI is InChI=1S/C15H25B/c1-7-3-12-10-4-9-5-11(8(10)2)14(15(7)16)13(12)6-9/h7-15H,3-6,16H2,1-2H3. The van der Waals surface area contributed by atoms with Crippen molar-refractivity contribution in [1.29, 1.82) is 0 Å². The predicted molar refractivity (Wildman–Crippen MR) is 70.0 cm³/mol. The van der Waals surface area contributed by atoms with Crippen LogP contribution in [0, 0.1) is 47.3 Å². The summed E-state index contributed by atoms with van der Waals surface area (Å²) in [5.74, 6) is 9.92. The van der Waals surface area contributed by atoms with E-state index in [4.69, 9.17) is 0 Å². The lowest BCUT2D eigenvalue weighted by Crippen LogP contribution is -2.59. The molecule has 1 heteroatoms. The van der Waals surface area contributed by atoms with Crippen molar-refractivity contribution >= 4 is 7.85 Å². The van der Waals surface area contributed by atoms with Crippen molar-refractivity contribution in [2.75, 3.05) is 0 Å². The van der Waals surface area contributed by atoms with Crippen LogP contribution in [0.15, 0.2) is 0 Å². The van der Waals surface area contributed by atoms with Gasteiger partial charge in [-0.25, -0.2) is 0 Å². The molecular formula is C15H25B. The second-order valence-electron chi connectivity index (χ2n) is 7.74. The molecule has 0 radical (unpaired) electrons. The molecule has 0 heterocycles. The third-order valence-corrected chi connectivity index (χ3v) is 7.40. The maximum atomic E-state index is 2.59. The Bertz CT molecular complexity index is 305. The summed E-state index contributed by atoms with van der Waals surface area (Å²) in [7, 11) is 2.57. The Morgan fingerprint density at radius 2 is 1.50 bits per heavy atom. The maximum absolute atomic E-state index is 2.59. The first kappa shape index (κ1) is 10.0. The molecule has 16 heavy (non-hydrogen) atoms. The van der Waals surface area contributed by atoms with Crippen molar-refractivity contribution in [3.8, 4) is 0 Å². The van der Waals surface area contributed by atoms with Crippen LogP contribution in [0.3, 0.4) is 0 Å². The Morgan fingerprint density at radius 3 is 2.31 bits per heavy atom. The van der Waals surface area contributed by atoms with Gasteiger partial charge in [0.15, 0.2) is 0 Å². The fourth-order valence-electron chi connectivity index (χ4n) is 6.67. The summed E-state index contributed by atoms with van der Waals surface area (Å²) < 4.78 is 0. The highest BCUT2D eigenvalue weighted by Crippen LogP contribution is 2.68. The van der Waals surface area contributed by atoms with Gasteiger partial charge >= 0.3 is 0 Å². The van der Waals surface area contributed by atoms with Crippen LogP contribution in [-0.4, -0.2) is 7.85 Å². The van der Waals surface area contributed by atoms with E-state index in [1.54, 1.807) is 25.7 Å². The molecule has 88 valence electrons. The molecule has 9 atom stereocenters. The normalized spacial score (nSPS) is 67.2. The van der Waals surface area contributed by atoms with Gasteiger partial charge in [-0.15, -0.1) is 0 Å². The highest BCUT2D eigenvalue weighted by molar-refractivity contribution is 6.12. The average molecular weight is 216 g/mol. The molecule has 6 bridgehead atoms. The fourth-order valence-corrected chi connectivity index (χ4v) is 6.67. The summed E-state index contributed by atoms with van der Waals surface area (Å²) in [6, 6.07) is 0. The van der Waals surface area contributed by atoms with Gasteiger partial charge < -0.3 is 0 Å². The lowest BCUT2D eigenvalue weighted by Gasteiger charge is -2.66. The van der Waals surface area contributed by atoms with Crippen LogP contribution in [0.25, 0.3) is 0 Å². The Morgan fingerprint density at radius 1 is 0.812 bits per heavy atom. The van der Waals surface area contributed by atoms with Crippen LogP contribution in [0.1, 0.15) is 39.5 Å². The summed E-state index contributed by atoms with van der Waals surface area (Å²) in [4.78, 5) is 0. The third-order valence-electron chi connectivity index (χ3n) is 7.40. The molecule has 5 aliphatic carbocycles. The molecule has 0 aromatic heterocycles. The van der Waals surface area contributed by atoms with Crippen molar-refractivity contribution in [2.24, 2.45) is 47.3 Å². The van der Waals surface area contributed by atoms with Gasteiger partial charge in [-0.2, -0.15) is 0 Å². The zero-order valence-corrected chi connectivity index (χ0v) is 11.0. The van der Waals surface area contributed by atoms with Crippen molar-refractivity contribution < 1.29 is 0 Å². The minimum atomic E-state index is 1.01. The Hall–Kier alpha value is 0.0649. The molecule has 5 rings (SSSR count). The Kier molecular flexibility index (Phi) is 1.94. The summed E-state index contributed by atoms with van der Waals surface area (Å²) in [6.07, 6.45) is 6.39. The molecular weight excluding hydrogens is 191 g/mol. The van der Waals surface area contributed by atoms with Gasteiger partial charge in [0.05, 0.1) is 0 Å².